The third-order valence-corrected chi connectivity index (χ3v) is 3.62. The van der Waals surface area contributed by atoms with Gasteiger partial charge in [0.15, 0.2) is 0 Å². The fraction of sp³-hybridized carbons (Fsp3) is 0.0625. The lowest BCUT2D eigenvalue weighted by atomic mass is 10.1. The van der Waals surface area contributed by atoms with Gasteiger partial charge in [-0.25, -0.2) is 0 Å². The number of hydrogen-bond donors (Lipinski definition) is 1. The van der Waals surface area contributed by atoms with Crippen molar-refractivity contribution in [1.82, 2.24) is 19.7 Å². The van der Waals surface area contributed by atoms with Gasteiger partial charge in [-0.3, -0.25) is 9.78 Å². The fourth-order valence-corrected chi connectivity index (χ4v) is 2.52. The summed E-state index contributed by atoms with van der Waals surface area (Å²) in [4.78, 5) is 19.7. The molecular weight excluding hydrogens is 280 g/mol. The van der Waals surface area contributed by atoms with Crippen molar-refractivity contribution >= 4 is 10.9 Å². The molecule has 0 aliphatic carbocycles. The van der Waals surface area contributed by atoms with Gasteiger partial charge in [-0.2, -0.15) is 9.78 Å². The SMILES string of the molecule is COc1ccc2c3nn(-c4cccnc4)c(=O)c-3c[nH]c2c1. The number of ether oxygens (including phenoxy) is 1. The topological polar surface area (TPSA) is 72.8 Å². The van der Waals surface area contributed by atoms with E-state index >= 15 is 0 Å². The maximum Gasteiger partial charge on any atom is 0.282 e. The number of aromatic amines is 1. The molecule has 0 saturated carbocycles. The fourth-order valence-electron chi connectivity index (χ4n) is 2.52. The van der Waals surface area contributed by atoms with Crippen molar-refractivity contribution in [3.63, 3.8) is 0 Å². The van der Waals surface area contributed by atoms with Crippen molar-refractivity contribution in [1.29, 1.82) is 0 Å². The van der Waals surface area contributed by atoms with Gasteiger partial charge in [0.05, 0.1) is 30.1 Å². The Kier molecular flexibility index (Phi) is 2.69. The van der Waals surface area contributed by atoms with Crippen LogP contribution < -0.4 is 10.3 Å². The van der Waals surface area contributed by atoms with Crippen molar-refractivity contribution in [2.75, 3.05) is 7.11 Å². The average molecular weight is 292 g/mol. The third-order valence-electron chi connectivity index (χ3n) is 3.62. The molecule has 6 heteroatoms. The Bertz CT molecular complexity index is 988. The molecule has 3 heterocycles. The van der Waals surface area contributed by atoms with Crippen LogP contribution in [0, 0.1) is 0 Å². The minimum atomic E-state index is -0.169. The predicted octanol–water partition coefficient (Wildman–Crippen LogP) is 2.22. The van der Waals surface area contributed by atoms with Crippen LogP contribution in [0.1, 0.15) is 0 Å². The van der Waals surface area contributed by atoms with Crippen molar-refractivity contribution in [2.45, 2.75) is 0 Å². The number of aromatic nitrogens is 4. The molecule has 108 valence electrons. The zero-order valence-corrected chi connectivity index (χ0v) is 11.8. The molecule has 1 aromatic heterocycles. The number of methoxy groups -OCH3 is 1. The van der Waals surface area contributed by atoms with Crippen molar-refractivity contribution < 1.29 is 4.74 Å². The van der Waals surface area contributed by atoms with Gasteiger partial charge in [0.2, 0.25) is 0 Å². The number of fused-ring (bicyclic) bond motifs is 3. The van der Waals surface area contributed by atoms with Gasteiger partial charge in [0.1, 0.15) is 11.4 Å². The molecule has 0 atom stereocenters. The first-order valence-electron chi connectivity index (χ1n) is 6.76. The summed E-state index contributed by atoms with van der Waals surface area (Å²) in [5.41, 5.74) is 2.54. The molecule has 6 nitrogen and oxygen atoms in total. The van der Waals surface area contributed by atoms with Crippen molar-refractivity contribution in [2.24, 2.45) is 0 Å². The van der Waals surface area contributed by atoms with E-state index < -0.39 is 0 Å². The van der Waals surface area contributed by atoms with Gasteiger partial charge in [-0.05, 0) is 24.3 Å². The van der Waals surface area contributed by atoms with E-state index in [9.17, 15) is 4.79 Å². The second kappa shape index (κ2) is 4.70. The largest absolute Gasteiger partial charge is 0.497 e. The smallest absolute Gasteiger partial charge is 0.282 e. The monoisotopic (exact) mass is 292 g/mol. The van der Waals surface area contributed by atoms with E-state index in [0.29, 0.717) is 16.9 Å². The summed E-state index contributed by atoms with van der Waals surface area (Å²) in [6.07, 6.45) is 4.95. The van der Waals surface area contributed by atoms with E-state index in [0.717, 1.165) is 16.7 Å². The normalized spacial score (nSPS) is 11.1. The molecule has 0 fully saturated rings. The average Bonchev–Trinajstić information content (AvgIpc) is 2.92. The summed E-state index contributed by atoms with van der Waals surface area (Å²) < 4.78 is 6.59. The molecule has 1 N–H and O–H groups in total. The lowest BCUT2D eigenvalue weighted by molar-refractivity contribution is 0.415. The first kappa shape index (κ1) is 12.6. The molecule has 0 radical (unpaired) electrons. The highest BCUT2D eigenvalue weighted by atomic mass is 16.5. The third kappa shape index (κ3) is 1.77. The van der Waals surface area contributed by atoms with Crippen LogP contribution in [0.15, 0.2) is 53.7 Å². The van der Waals surface area contributed by atoms with Crippen LogP contribution >= 0.6 is 0 Å². The zero-order valence-electron chi connectivity index (χ0n) is 11.8. The second-order valence-corrected chi connectivity index (χ2v) is 4.89. The van der Waals surface area contributed by atoms with Gasteiger partial charge < -0.3 is 9.72 Å². The highest BCUT2D eigenvalue weighted by molar-refractivity contribution is 5.93. The lowest BCUT2D eigenvalue weighted by Gasteiger charge is -2.05. The predicted molar refractivity (Wildman–Crippen MR) is 82.7 cm³/mol. The number of hydrogen-bond acceptors (Lipinski definition) is 4. The molecule has 2 aliphatic heterocycles. The molecule has 0 bridgehead atoms. The molecule has 4 rings (SSSR count). The molecule has 2 aromatic rings. The molecule has 1 aromatic carbocycles. The van der Waals surface area contributed by atoms with Crippen LogP contribution in [0.5, 0.6) is 5.75 Å². The lowest BCUT2D eigenvalue weighted by Crippen LogP contribution is -2.14. The Morgan fingerprint density at radius 2 is 2.18 bits per heavy atom. The van der Waals surface area contributed by atoms with Crippen molar-refractivity contribution in [3.05, 3.63) is 59.3 Å². The van der Waals surface area contributed by atoms with Crippen LogP contribution in [0.4, 0.5) is 0 Å². The van der Waals surface area contributed by atoms with E-state index in [4.69, 9.17) is 4.74 Å². The Morgan fingerprint density at radius 1 is 1.27 bits per heavy atom. The van der Waals surface area contributed by atoms with E-state index in [2.05, 4.69) is 15.1 Å². The Morgan fingerprint density at radius 3 is 2.95 bits per heavy atom. The Balaban J connectivity index is 2.03. The van der Waals surface area contributed by atoms with E-state index in [1.165, 1.54) is 4.68 Å². The highest BCUT2D eigenvalue weighted by Crippen LogP contribution is 2.28. The number of benzene rings is 1. The number of pyridine rings is 2. The molecule has 0 saturated heterocycles. The number of nitrogens with zero attached hydrogens (tertiary/aromatic N) is 3. The first-order chi connectivity index (χ1) is 10.8. The van der Waals surface area contributed by atoms with Crippen LogP contribution in [0.2, 0.25) is 0 Å². The maximum absolute atomic E-state index is 12.5. The van der Waals surface area contributed by atoms with Crippen LogP contribution in [-0.2, 0) is 0 Å². The van der Waals surface area contributed by atoms with E-state index in [-0.39, 0.29) is 5.56 Å². The van der Waals surface area contributed by atoms with E-state index in [1.807, 2.05) is 18.2 Å². The minimum absolute atomic E-state index is 0.169. The molecule has 2 aliphatic rings. The minimum Gasteiger partial charge on any atom is -0.497 e. The number of H-pyrrole nitrogens is 1. The summed E-state index contributed by atoms with van der Waals surface area (Å²) in [7, 11) is 1.62. The number of nitrogens with one attached hydrogen (secondary N) is 1. The summed E-state index contributed by atoms with van der Waals surface area (Å²) in [5.74, 6) is 0.747. The van der Waals surface area contributed by atoms with E-state index in [1.54, 1.807) is 37.8 Å². The van der Waals surface area contributed by atoms with Crippen LogP contribution in [0.3, 0.4) is 0 Å². The van der Waals surface area contributed by atoms with Gasteiger partial charge in [-0.1, -0.05) is 0 Å². The van der Waals surface area contributed by atoms with Crippen LogP contribution in [-0.4, -0.2) is 26.9 Å². The zero-order chi connectivity index (χ0) is 15.1. The van der Waals surface area contributed by atoms with Crippen molar-refractivity contribution in [3.8, 4) is 22.7 Å². The Labute approximate surface area is 125 Å². The standard InChI is InChI=1S/C16H12N4O2/c1-22-11-4-5-12-14(7-11)18-9-13-15(12)19-20(16(13)21)10-3-2-6-17-8-10/h2-9,18H,1H3. The highest BCUT2D eigenvalue weighted by Gasteiger charge is 2.19. The molecule has 0 unspecified atom stereocenters. The Hall–Kier alpha value is -3.15. The summed E-state index contributed by atoms with van der Waals surface area (Å²) in [5, 5.41) is 5.34. The maximum atomic E-state index is 12.5. The molecule has 0 amide bonds. The van der Waals surface area contributed by atoms with Gasteiger partial charge in [-0.15, -0.1) is 0 Å². The first-order valence-corrected chi connectivity index (χ1v) is 6.76. The quantitative estimate of drug-likeness (QED) is 0.615. The summed E-state index contributed by atoms with van der Waals surface area (Å²) in [6.45, 7) is 0. The molecular formula is C16H12N4O2. The van der Waals surface area contributed by atoms with Gasteiger partial charge >= 0.3 is 0 Å². The van der Waals surface area contributed by atoms with Gasteiger partial charge in [0, 0.05) is 23.8 Å². The number of rotatable bonds is 2. The second-order valence-electron chi connectivity index (χ2n) is 4.89. The molecule has 22 heavy (non-hydrogen) atoms. The molecule has 0 spiro atoms. The summed E-state index contributed by atoms with van der Waals surface area (Å²) in [6, 6.07) is 9.20. The van der Waals surface area contributed by atoms with Gasteiger partial charge in [0.25, 0.3) is 5.56 Å². The van der Waals surface area contributed by atoms with Crippen LogP contribution in [0.25, 0.3) is 27.8 Å². The summed E-state index contributed by atoms with van der Waals surface area (Å²) >= 11 is 0.